The molecule has 0 bridgehead atoms. The van der Waals surface area contributed by atoms with Crippen molar-refractivity contribution in [1.29, 1.82) is 0 Å². The van der Waals surface area contributed by atoms with Gasteiger partial charge in [0.15, 0.2) is 11.6 Å². The van der Waals surface area contributed by atoms with Crippen molar-refractivity contribution in [2.75, 3.05) is 20.6 Å². The molecule has 2 aromatic rings. The zero-order valence-electron chi connectivity index (χ0n) is 18.6. The molecule has 0 aliphatic heterocycles. The summed E-state index contributed by atoms with van der Waals surface area (Å²) in [5.41, 5.74) is 3.94. The van der Waals surface area contributed by atoms with Gasteiger partial charge >= 0.3 is 6.18 Å². The summed E-state index contributed by atoms with van der Waals surface area (Å²) < 4.78 is 69.8. The summed E-state index contributed by atoms with van der Waals surface area (Å²) in [6.45, 7) is -0.00110. The van der Waals surface area contributed by atoms with Crippen molar-refractivity contribution >= 4 is 23.2 Å². The molecule has 2 unspecified atom stereocenters. The minimum Gasteiger partial charge on any atom is -0.366 e. The maximum atomic E-state index is 14.4. The molecule has 0 spiro atoms. The monoisotopic (exact) mass is 504 g/mol. The summed E-state index contributed by atoms with van der Waals surface area (Å²) in [6.07, 6.45) is -3.54. The summed E-state index contributed by atoms with van der Waals surface area (Å²) in [5, 5.41) is 2.64. The van der Waals surface area contributed by atoms with Gasteiger partial charge in [0.2, 0.25) is 5.91 Å². The summed E-state index contributed by atoms with van der Waals surface area (Å²) >= 11 is 1.08. The van der Waals surface area contributed by atoms with E-state index >= 15 is 0 Å². The molecule has 0 saturated heterocycles. The van der Waals surface area contributed by atoms with Gasteiger partial charge < -0.3 is 16.0 Å². The summed E-state index contributed by atoms with van der Waals surface area (Å²) in [4.78, 5) is 29.8. The fourth-order valence-electron chi connectivity index (χ4n) is 4.05. The predicted molar refractivity (Wildman–Crippen MR) is 116 cm³/mol. The molecule has 1 heterocycles. The average molecular weight is 505 g/mol. The lowest BCUT2D eigenvalue weighted by Gasteiger charge is -2.29. The van der Waals surface area contributed by atoms with Crippen LogP contribution in [0.25, 0.3) is 0 Å². The van der Waals surface area contributed by atoms with Gasteiger partial charge in [-0.25, -0.2) is 8.78 Å². The highest BCUT2D eigenvalue weighted by molar-refractivity contribution is 7.09. The number of amides is 2. The second-order valence-corrected chi connectivity index (χ2v) is 9.62. The molecule has 3 rings (SSSR count). The van der Waals surface area contributed by atoms with E-state index in [9.17, 15) is 31.5 Å². The van der Waals surface area contributed by atoms with Crippen LogP contribution in [0, 0.1) is 17.0 Å². The lowest BCUT2D eigenvalue weighted by Crippen LogP contribution is -2.43. The van der Waals surface area contributed by atoms with E-state index in [4.69, 9.17) is 5.73 Å². The molecule has 0 radical (unpaired) electrons. The first-order valence-corrected chi connectivity index (χ1v) is 11.4. The van der Waals surface area contributed by atoms with Crippen LogP contribution in [0.15, 0.2) is 23.8 Å². The van der Waals surface area contributed by atoms with Crippen LogP contribution in [0.4, 0.5) is 22.0 Å². The molecule has 12 heteroatoms. The number of thiazole rings is 1. The molecule has 1 saturated carbocycles. The fourth-order valence-corrected chi connectivity index (χ4v) is 4.89. The number of likely N-dealkylation sites (N-methyl/N-ethyl adjacent to an activating group) is 1. The number of alkyl halides is 3. The van der Waals surface area contributed by atoms with Crippen molar-refractivity contribution in [2.24, 2.45) is 11.1 Å². The molecule has 1 aromatic carbocycles. The van der Waals surface area contributed by atoms with E-state index in [-0.39, 0.29) is 37.8 Å². The first-order chi connectivity index (χ1) is 15.9. The van der Waals surface area contributed by atoms with Crippen LogP contribution < -0.4 is 11.1 Å². The van der Waals surface area contributed by atoms with Crippen molar-refractivity contribution in [3.8, 4) is 0 Å². The number of hydrogen-bond donors (Lipinski definition) is 2. The van der Waals surface area contributed by atoms with Crippen LogP contribution in [-0.4, -0.2) is 54.6 Å². The van der Waals surface area contributed by atoms with Gasteiger partial charge in [-0.3, -0.25) is 14.6 Å². The van der Waals surface area contributed by atoms with Crippen molar-refractivity contribution in [3.63, 3.8) is 0 Å². The SMILES string of the molecule is CN(C)C(CNC(=O)CC(c1cncs1)C1(C(F)(F)F)CC1)Cc1ccc(C(N)=O)c(F)c1F. The molecule has 186 valence electrons. The van der Waals surface area contributed by atoms with Crippen molar-refractivity contribution in [3.05, 3.63) is 51.5 Å². The first-order valence-electron chi connectivity index (χ1n) is 10.5. The van der Waals surface area contributed by atoms with Crippen LogP contribution in [0.5, 0.6) is 0 Å². The van der Waals surface area contributed by atoms with Crippen LogP contribution >= 0.6 is 11.3 Å². The van der Waals surface area contributed by atoms with Crippen LogP contribution in [0.1, 0.15) is 46.0 Å². The molecule has 2 amide bonds. The number of halogens is 5. The molecular formula is C22H25F5N4O2S. The van der Waals surface area contributed by atoms with Gasteiger partial charge in [-0.2, -0.15) is 13.2 Å². The minimum atomic E-state index is -4.44. The Kier molecular flexibility index (Phi) is 7.61. The molecular weight excluding hydrogens is 479 g/mol. The van der Waals surface area contributed by atoms with Crippen molar-refractivity contribution < 1.29 is 31.5 Å². The normalized spacial score (nSPS) is 16.8. The van der Waals surface area contributed by atoms with E-state index in [0.29, 0.717) is 4.88 Å². The third kappa shape index (κ3) is 5.38. The minimum absolute atomic E-state index is 0.00110. The highest BCUT2D eigenvalue weighted by atomic mass is 32.1. The number of nitrogens with zero attached hydrogens (tertiary/aromatic N) is 2. The Balaban J connectivity index is 1.69. The second kappa shape index (κ2) is 9.95. The van der Waals surface area contributed by atoms with Crippen molar-refractivity contribution in [1.82, 2.24) is 15.2 Å². The number of nitrogens with two attached hydrogens (primary N) is 1. The molecule has 1 aliphatic rings. The maximum Gasteiger partial charge on any atom is 0.395 e. The van der Waals surface area contributed by atoms with E-state index in [0.717, 1.165) is 17.4 Å². The Bertz CT molecular complexity index is 1040. The standard InChI is InChI=1S/C22H25F5N4O2S/c1-31(2)13(7-12-3-4-14(20(28)33)19(24)18(12)23)9-30-17(32)8-15(16-10-29-11-34-16)21(5-6-21)22(25,26)27/h3-4,10-11,13,15H,5-9H2,1-2H3,(H2,28,33)(H,30,32). The molecule has 3 N–H and O–H groups in total. The Hall–Kier alpha value is -2.60. The van der Waals surface area contributed by atoms with Crippen LogP contribution in [0.3, 0.4) is 0 Å². The Morgan fingerprint density at radius 1 is 1.24 bits per heavy atom. The molecule has 1 aromatic heterocycles. The molecule has 1 aliphatic carbocycles. The number of benzene rings is 1. The molecule has 1 fully saturated rings. The van der Waals surface area contributed by atoms with Crippen LogP contribution in [0.2, 0.25) is 0 Å². The van der Waals surface area contributed by atoms with Gasteiger partial charge in [0, 0.05) is 36.0 Å². The van der Waals surface area contributed by atoms with Gasteiger partial charge in [-0.15, -0.1) is 11.3 Å². The molecule has 34 heavy (non-hydrogen) atoms. The van der Waals surface area contributed by atoms with Crippen molar-refractivity contribution in [2.45, 2.75) is 43.8 Å². The van der Waals surface area contributed by atoms with E-state index < -0.39 is 52.6 Å². The summed E-state index contributed by atoms with van der Waals surface area (Å²) in [5.74, 6) is -5.26. The quantitative estimate of drug-likeness (QED) is 0.484. The average Bonchev–Trinajstić information content (AvgIpc) is 3.39. The number of nitrogens with one attached hydrogen (secondary N) is 1. The Morgan fingerprint density at radius 3 is 2.41 bits per heavy atom. The number of primary amides is 1. The molecule has 2 atom stereocenters. The smallest absolute Gasteiger partial charge is 0.366 e. The summed E-state index contributed by atoms with van der Waals surface area (Å²) in [6, 6.07) is 1.85. The zero-order chi connectivity index (χ0) is 25.3. The maximum absolute atomic E-state index is 14.4. The predicted octanol–water partition coefficient (Wildman–Crippen LogP) is 3.63. The van der Waals surface area contributed by atoms with Gasteiger partial charge in [0.1, 0.15) is 0 Å². The fraction of sp³-hybridized carbons (Fsp3) is 0.500. The van der Waals surface area contributed by atoms with E-state index in [1.807, 2.05) is 0 Å². The van der Waals surface area contributed by atoms with Crippen LogP contribution in [-0.2, 0) is 11.2 Å². The van der Waals surface area contributed by atoms with Gasteiger partial charge in [-0.1, -0.05) is 6.07 Å². The Labute approximate surface area is 197 Å². The van der Waals surface area contributed by atoms with E-state index in [1.165, 1.54) is 17.8 Å². The number of aromatic nitrogens is 1. The van der Waals surface area contributed by atoms with Gasteiger partial charge in [-0.05, 0) is 45.0 Å². The Morgan fingerprint density at radius 2 is 1.91 bits per heavy atom. The third-order valence-corrected chi connectivity index (χ3v) is 7.24. The topological polar surface area (TPSA) is 88.3 Å². The number of rotatable bonds is 10. The largest absolute Gasteiger partial charge is 0.395 e. The van der Waals surface area contributed by atoms with E-state index in [1.54, 1.807) is 19.0 Å². The summed E-state index contributed by atoms with van der Waals surface area (Å²) in [7, 11) is 3.34. The third-order valence-electron chi connectivity index (χ3n) is 6.35. The number of carbonyl (C=O) groups is 2. The number of hydrogen-bond acceptors (Lipinski definition) is 5. The number of carbonyl (C=O) groups excluding carboxylic acids is 2. The lowest BCUT2D eigenvalue weighted by molar-refractivity contribution is -0.194. The highest BCUT2D eigenvalue weighted by Gasteiger charge is 2.67. The van der Waals surface area contributed by atoms with E-state index in [2.05, 4.69) is 10.3 Å². The zero-order valence-corrected chi connectivity index (χ0v) is 19.4. The highest BCUT2D eigenvalue weighted by Crippen LogP contribution is 2.66. The first kappa shape index (κ1) is 26.0. The van der Waals surface area contributed by atoms with Gasteiger partial charge in [0.05, 0.1) is 16.5 Å². The second-order valence-electron chi connectivity index (χ2n) is 8.70. The lowest BCUT2D eigenvalue weighted by atomic mass is 9.84. The van der Waals surface area contributed by atoms with Gasteiger partial charge in [0.25, 0.3) is 5.91 Å². The molecule has 6 nitrogen and oxygen atoms in total.